The van der Waals surface area contributed by atoms with Gasteiger partial charge in [-0.15, -0.1) is 5.92 Å². The number of likely N-dealkylation sites (N-methyl/N-ethyl adjacent to an activating group) is 1. The molecule has 0 aliphatic heterocycles. The number of hydrogen-bond donors (Lipinski definition) is 1. The van der Waals surface area contributed by atoms with E-state index in [1.807, 2.05) is 0 Å². The SMILES string of the molecule is CC#CCOc1ccc(S(=O)(=O)N(C)C(C(=O)O)c2ccc(Cl)cc2)cc1. The molecule has 0 heterocycles. The molecule has 142 valence electrons. The van der Waals surface area contributed by atoms with Crippen LogP contribution >= 0.6 is 11.6 Å². The van der Waals surface area contributed by atoms with Gasteiger partial charge in [-0.1, -0.05) is 29.7 Å². The molecule has 0 amide bonds. The molecular weight excluding hydrogens is 390 g/mol. The second kappa shape index (κ2) is 8.91. The van der Waals surface area contributed by atoms with Gasteiger partial charge in [-0.05, 0) is 48.9 Å². The summed E-state index contributed by atoms with van der Waals surface area (Å²) >= 11 is 5.82. The van der Waals surface area contributed by atoms with E-state index in [2.05, 4.69) is 11.8 Å². The van der Waals surface area contributed by atoms with Gasteiger partial charge >= 0.3 is 5.97 Å². The molecule has 0 aliphatic rings. The second-order valence-electron chi connectivity index (χ2n) is 5.50. The van der Waals surface area contributed by atoms with Crippen molar-refractivity contribution < 1.29 is 23.1 Å². The highest BCUT2D eigenvalue weighted by Gasteiger charge is 2.34. The summed E-state index contributed by atoms with van der Waals surface area (Å²) in [4.78, 5) is 11.7. The van der Waals surface area contributed by atoms with E-state index >= 15 is 0 Å². The number of carboxylic acids is 1. The molecule has 0 bridgehead atoms. The lowest BCUT2D eigenvalue weighted by Crippen LogP contribution is -2.35. The first kappa shape index (κ1) is 20.8. The van der Waals surface area contributed by atoms with Crippen LogP contribution in [0.15, 0.2) is 53.4 Å². The van der Waals surface area contributed by atoms with Gasteiger partial charge in [-0.2, -0.15) is 4.31 Å². The standard InChI is InChI=1S/C19H18ClNO5S/c1-3-4-13-26-16-9-11-17(12-10-16)27(24,25)21(2)18(19(22)23)14-5-7-15(20)8-6-14/h5-12,18H,13H2,1-2H3,(H,22,23). The first-order chi connectivity index (χ1) is 12.8. The molecule has 0 aliphatic carbocycles. The summed E-state index contributed by atoms with van der Waals surface area (Å²) in [6, 6.07) is 10.3. The van der Waals surface area contributed by atoms with Gasteiger partial charge in [0.1, 0.15) is 18.4 Å². The molecule has 0 aromatic heterocycles. The van der Waals surface area contributed by atoms with Crippen molar-refractivity contribution in [3.63, 3.8) is 0 Å². The molecule has 0 saturated heterocycles. The van der Waals surface area contributed by atoms with E-state index < -0.39 is 22.0 Å². The van der Waals surface area contributed by atoms with Crippen LogP contribution in [0.1, 0.15) is 18.5 Å². The number of aliphatic carboxylic acids is 1. The van der Waals surface area contributed by atoms with Gasteiger partial charge in [-0.25, -0.2) is 8.42 Å². The lowest BCUT2D eigenvalue weighted by Gasteiger charge is -2.24. The Morgan fingerprint density at radius 1 is 1.19 bits per heavy atom. The minimum atomic E-state index is -4.05. The molecule has 2 aromatic rings. The highest BCUT2D eigenvalue weighted by Crippen LogP contribution is 2.28. The van der Waals surface area contributed by atoms with Crippen LogP contribution in [-0.2, 0) is 14.8 Å². The van der Waals surface area contributed by atoms with Crippen molar-refractivity contribution in [1.82, 2.24) is 4.31 Å². The summed E-state index contributed by atoms with van der Waals surface area (Å²) in [5, 5.41) is 10.00. The van der Waals surface area contributed by atoms with Crippen molar-refractivity contribution in [2.24, 2.45) is 0 Å². The molecule has 8 heteroatoms. The van der Waals surface area contributed by atoms with Crippen LogP contribution in [0, 0.1) is 11.8 Å². The largest absolute Gasteiger partial charge is 0.481 e. The molecule has 1 unspecified atom stereocenters. The van der Waals surface area contributed by atoms with Crippen LogP contribution in [0.5, 0.6) is 5.75 Å². The Morgan fingerprint density at radius 3 is 2.30 bits per heavy atom. The molecule has 1 atom stereocenters. The number of sulfonamides is 1. The fraction of sp³-hybridized carbons (Fsp3) is 0.211. The van der Waals surface area contributed by atoms with Crippen molar-refractivity contribution in [2.75, 3.05) is 13.7 Å². The van der Waals surface area contributed by atoms with Crippen LogP contribution in [0.4, 0.5) is 0 Å². The normalized spacial score (nSPS) is 12.1. The Bertz CT molecular complexity index is 960. The Kier molecular flexibility index (Phi) is 6.86. The number of carboxylic acid groups (broad SMARTS) is 1. The van der Waals surface area contributed by atoms with Crippen LogP contribution in [0.25, 0.3) is 0 Å². The smallest absolute Gasteiger partial charge is 0.326 e. The van der Waals surface area contributed by atoms with E-state index in [9.17, 15) is 18.3 Å². The maximum atomic E-state index is 12.9. The van der Waals surface area contributed by atoms with Gasteiger partial charge < -0.3 is 9.84 Å². The van der Waals surface area contributed by atoms with E-state index in [4.69, 9.17) is 16.3 Å². The summed E-state index contributed by atoms with van der Waals surface area (Å²) in [5.74, 6) is 4.60. The lowest BCUT2D eigenvalue weighted by atomic mass is 10.1. The Morgan fingerprint density at radius 2 is 1.78 bits per heavy atom. The highest BCUT2D eigenvalue weighted by atomic mass is 35.5. The Labute approximate surface area is 163 Å². The van der Waals surface area contributed by atoms with E-state index in [0.717, 1.165) is 4.31 Å². The summed E-state index contributed by atoms with van der Waals surface area (Å²) in [5.41, 5.74) is 0.302. The second-order valence-corrected chi connectivity index (χ2v) is 7.93. The number of halogens is 1. The van der Waals surface area contributed by atoms with Gasteiger partial charge in [0, 0.05) is 12.1 Å². The fourth-order valence-corrected chi connectivity index (χ4v) is 3.79. The molecule has 0 spiro atoms. The average Bonchev–Trinajstić information content (AvgIpc) is 2.64. The Balaban J connectivity index is 2.30. The first-order valence-electron chi connectivity index (χ1n) is 7.86. The molecule has 0 radical (unpaired) electrons. The average molecular weight is 408 g/mol. The predicted molar refractivity (Wildman–Crippen MR) is 102 cm³/mol. The highest BCUT2D eigenvalue weighted by molar-refractivity contribution is 7.89. The zero-order valence-corrected chi connectivity index (χ0v) is 16.3. The predicted octanol–water partition coefficient (Wildman–Crippen LogP) is 3.19. The first-order valence-corrected chi connectivity index (χ1v) is 9.68. The van der Waals surface area contributed by atoms with E-state index in [0.29, 0.717) is 16.3 Å². The lowest BCUT2D eigenvalue weighted by molar-refractivity contribution is -0.141. The molecular formula is C19H18ClNO5S. The molecule has 1 N–H and O–H groups in total. The maximum Gasteiger partial charge on any atom is 0.326 e. The van der Waals surface area contributed by atoms with E-state index in [1.54, 1.807) is 6.92 Å². The van der Waals surface area contributed by atoms with Gasteiger partial charge in [0.15, 0.2) is 0 Å². The number of ether oxygens (including phenoxy) is 1. The van der Waals surface area contributed by atoms with E-state index in [1.165, 1.54) is 55.6 Å². The van der Waals surface area contributed by atoms with Crippen LogP contribution in [0.3, 0.4) is 0 Å². The number of benzene rings is 2. The van der Waals surface area contributed by atoms with E-state index in [-0.39, 0.29) is 11.5 Å². The summed E-state index contributed by atoms with van der Waals surface area (Å²) in [7, 11) is -2.82. The number of carbonyl (C=O) groups is 1. The van der Waals surface area contributed by atoms with Gasteiger partial charge in [0.05, 0.1) is 4.90 Å². The third-order valence-corrected chi connectivity index (χ3v) is 5.86. The van der Waals surface area contributed by atoms with Crippen molar-refractivity contribution in [3.8, 4) is 17.6 Å². The summed E-state index contributed by atoms with van der Waals surface area (Å²) < 4.78 is 31.9. The van der Waals surface area contributed by atoms with Crippen molar-refractivity contribution in [1.29, 1.82) is 0 Å². The Hall–Kier alpha value is -2.53. The molecule has 0 fully saturated rings. The molecule has 2 rings (SSSR count). The van der Waals surface area contributed by atoms with Crippen molar-refractivity contribution in [2.45, 2.75) is 17.9 Å². The van der Waals surface area contributed by atoms with Gasteiger partial charge in [0.25, 0.3) is 0 Å². The number of hydrogen-bond acceptors (Lipinski definition) is 4. The summed E-state index contributed by atoms with van der Waals surface area (Å²) in [6.45, 7) is 1.88. The fourth-order valence-electron chi connectivity index (χ4n) is 2.36. The topological polar surface area (TPSA) is 83.9 Å². The molecule has 27 heavy (non-hydrogen) atoms. The third-order valence-electron chi connectivity index (χ3n) is 3.77. The van der Waals surface area contributed by atoms with Gasteiger partial charge in [-0.3, -0.25) is 4.79 Å². The van der Waals surface area contributed by atoms with Crippen molar-refractivity contribution in [3.05, 3.63) is 59.1 Å². The minimum Gasteiger partial charge on any atom is -0.481 e. The van der Waals surface area contributed by atoms with Crippen molar-refractivity contribution >= 4 is 27.6 Å². The maximum absolute atomic E-state index is 12.9. The van der Waals surface area contributed by atoms with Crippen LogP contribution < -0.4 is 4.74 Å². The monoisotopic (exact) mass is 407 g/mol. The summed E-state index contributed by atoms with van der Waals surface area (Å²) in [6.07, 6.45) is 0. The van der Waals surface area contributed by atoms with Crippen LogP contribution in [0.2, 0.25) is 5.02 Å². The molecule has 0 saturated carbocycles. The third kappa shape index (κ3) is 5.01. The number of rotatable bonds is 7. The molecule has 2 aromatic carbocycles. The zero-order chi connectivity index (χ0) is 20.0. The van der Waals surface area contributed by atoms with Gasteiger partial charge in [0.2, 0.25) is 10.0 Å². The quantitative estimate of drug-likeness (QED) is 0.712. The molecule has 6 nitrogen and oxygen atoms in total. The van der Waals surface area contributed by atoms with Crippen LogP contribution in [-0.4, -0.2) is 37.5 Å². The minimum absolute atomic E-state index is 0.0425. The number of nitrogens with zero attached hydrogens (tertiary/aromatic N) is 1. The zero-order valence-electron chi connectivity index (χ0n) is 14.7.